The predicted octanol–water partition coefficient (Wildman–Crippen LogP) is 4.21. The Bertz CT molecular complexity index is 668. The van der Waals surface area contributed by atoms with Gasteiger partial charge in [0.05, 0.1) is 10.6 Å². The first-order valence-corrected chi connectivity index (χ1v) is 8.25. The van der Waals surface area contributed by atoms with Crippen molar-refractivity contribution in [1.29, 1.82) is 0 Å². The van der Waals surface area contributed by atoms with Gasteiger partial charge in [-0.15, -0.1) is 0 Å². The van der Waals surface area contributed by atoms with Gasteiger partial charge in [-0.2, -0.15) is 0 Å². The average Bonchev–Trinajstić information content (AvgIpc) is 2.52. The fourth-order valence-electron chi connectivity index (χ4n) is 2.43. The van der Waals surface area contributed by atoms with Crippen molar-refractivity contribution in [2.45, 2.75) is 20.8 Å². The van der Waals surface area contributed by atoms with Crippen molar-refractivity contribution >= 4 is 23.2 Å². The van der Waals surface area contributed by atoms with Crippen LogP contribution in [0.5, 0.6) is 0 Å². The number of anilines is 1. The molecule has 1 N–H and O–H groups in total. The average molecular weight is 331 g/mol. The number of nitrogens with one attached hydrogen (secondary N) is 1. The van der Waals surface area contributed by atoms with Crippen molar-refractivity contribution in [2.24, 2.45) is 0 Å². The van der Waals surface area contributed by atoms with Gasteiger partial charge in [-0.1, -0.05) is 35.4 Å². The number of aryl methyl sites for hydroxylation is 2. The number of halogens is 1. The molecule has 0 radical (unpaired) electrons. The highest BCUT2D eigenvalue weighted by atomic mass is 35.5. The lowest BCUT2D eigenvalue weighted by Gasteiger charge is -2.23. The number of carbonyl (C=O) groups is 1. The first kappa shape index (κ1) is 17.4. The summed E-state index contributed by atoms with van der Waals surface area (Å²) >= 11 is 6.13. The highest BCUT2D eigenvalue weighted by molar-refractivity contribution is 6.33. The van der Waals surface area contributed by atoms with Crippen molar-refractivity contribution in [1.82, 2.24) is 5.32 Å². The number of nitrogens with zero attached hydrogens (tertiary/aromatic N) is 1. The lowest BCUT2D eigenvalue weighted by Crippen LogP contribution is -2.35. The molecule has 2 aromatic rings. The number of hydrogen-bond acceptors (Lipinski definition) is 2. The zero-order valence-corrected chi connectivity index (χ0v) is 14.7. The third-order valence-electron chi connectivity index (χ3n) is 3.82. The van der Waals surface area contributed by atoms with Crippen LogP contribution in [0.4, 0.5) is 5.69 Å². The van der Waals surface area contributed by atoms with Gasteiger partial charge in [0.2, 0.25) is 0 Å². The monoisotopic (exact) mass is 330 g/mol. The molecule has 122 valence electrons. The Morgan fingerprint density at radius 3 is 2.35 bits per heavy atom. The van der Waals surface area contributed by atoms with Crippen LogP contribution in [0.2, 0.25) is 5.02 Å². The molecule has 0 bridgehead atoms. The maximum atomic E-state index is 12.2. The maximum absolute atomic E-state index is 12.2. The van der Waals surface area contributed by atoms with Gasteiger partial charge in [0.1, 0.15) is 0 Å². The molecule has 3 nitrogen and oxygen atoms in total. The maximum Gasteiger partial charge on any atom is 0.252 e. The Morgan fingerprint density at radius 2 is 1.74 bits per heavy atom. The van der Waals surface area contributed by atoms with E-state index in [9.17, 15) is 4.79 Å². The van der Waals surface area contributed by atoms with Gasteiger partial charge in [0.25, 0.3) is 5.91 Å². The molecule has 23 heavy (non-hydrogen) atoms. The second-order valence-corrected chi connectivity index (χ2v) is 6.06. The van der Waals surface area contributed by atoms with E-state index in [0.717, 1.165) is 18.7 Å². The minimum atomic E-state index is -0.130. The van der Waals surface area contributed by atoms with Gasteiger partial charge in [0.15, 0.2) is 0 Å². The van der Waals surface area contributed by atoms with Gasteiger partial charge in [-0.05, 0) is 50.6 Å². The number of carbonyl (C=O) groups excluding carboxylic acids is 1. The lowest BCUT2D eigenvalue weighted by molar-refractivity contribution is 0.0955. The molecular weight excluding hydrogens is 308 g/mol. The smallest absolute Gasteiger partial charge is 0.252 e. The lowest BCUT2D eigenvalue weighted by atomic mass is 10.1. The summed E-state index contributed by atoms with van der Waals surface area (Å²) in [5.74, 6) is -0.130. The fourth-order valence-corrected chi connectivity index (χ4v) is 2.75. The highest BCUT2D eigenvalue weighted by Gasteiger charge is 2.10. The minimum Gasteiger partial charge on any atom is -0.370 e. The molecular formula is C19H23ClN2O. The molecule has 1 amide bonds. The van der Waals surface area contributed by atoms with Crippen molar-refractivity contribution < 1.29 is 4.79 Å². The summed E-state index contributed by atoms with van der Waals surface area (Å²) in [6.07, 6.45) is 0. The van der Waals surface area contributed by atoms with Gasteiger partial charge in [-0.3, -0.25) is 4.79 Å². The van der Waals surface area contributed by atoms with Crippen molar-refractivity contribution in [2.75, 3.05) is 24.5 Å². The Balaban J connectivity index is 1.92. The van der Waals surface area contributed by atoms with Crippen LogP contribution in [-0.4, -0.2) is 25.5 Å². The minimum absolute atomic E-state index is 0.130. The largest absolute Gasteiger partial charge is 0.370 e. The Hall–Kier alpha value is -2.00. The number of likely N-dealkylation sites (N-methyl/N-ethyl adjacent to an activating group) is 1. The van der Waals surface area contributed by atoms with E-state index in [1.54, 1.807) is 12.1 Å². The first-order chi connectivity index (χ1) is 11.0. The molecule has 0 spiro atoms. The second-order valence-electron chi connectivity index (χ2n) is 5.65. The number of benzene rings is 2. The molecule has 4 heteroatoms. The Morgan fingerprint density at radius 1 is 1.09 bits per heavy atom. The van der Waals surface area contributed by atoms with E-state index in [-0.39, 0.29) is 5.91 Å². The van der Waals surface area contributed by atoms with Crippen molar-refractivity contribution in [3.05, 3.63) is 64.2 Å². The summed E-state index contributed by atoms with van der Waals surface area (Å²) < 4.78 is 0. The predicted molar refractivity (Wildman–Crippen MR) is 97.6 cm³/mol. The van der Waals surface area contributed by atoms with Gasteiger partial charge in [-0.25, -0.2) is 0 Å². The molecule has 0 aliphatic carbocycles. The summed E-state index contributed by atoms with van der Waals surface area (Å²) in [6.45, 7) is 8.36. The Kier molecular flexibility index (Phi) is 6.05. The molecule has 0 fully saturated rings. The van der Waals surface area contributed by atoms with E-state index >= 15 is 0 Å². The molecule has 0 aliphatic heterocycles. The van der Waals surface area contributed by atoms with E-state index in [1.807, 2.05) is 13.0 Å². The second kappa shape index (κ2) is 8.02. The SMILES string of the molecule is CCN(CCNC(=O)c1ccc(C)cc1Cl)c1ccc(C)cc1. The molecule has 0 aliphatic rings. The number of hydrogen-bond donors (Lipinski definition) is 1. The molecule has 0 aromatic heterocycles. The van der Waals surface area contributed by atoms with Crippen LogP contribution < -0.4 is 10.2 Å². The van der Waals surface area contributed by atoms with Crippen LogP contribution in [0.15, 0.2) is 42.5 Å². The van der Waals surface area contributed by atoms with Gasteiger partial charge in [0, 0.05) is 25.3 Å². The van der Waals surface area contributed by atoms with Crippen molar-refractivity contribution in [3.8, 4) is 0 Å². The summed E-state index contributed by atoms with van der Waals surface area (Å²) in [5, 5.41) is 3.43. The van der Waals surface area contributed by atoms with Gasteiger partial charge < -0.3 is 10.2 Å². The molecule has 0 heterocycles. The molecule has 0 saturated carbocycles. The number of amides is 1. The summed E-state index contributed by atoms with van der Waals surface area (Å²) in [5.41, 5.74) is 3.98. The summed E-state index contributed by atoms with van der Waals surface area (Å²) in [7, 11) is 0. The summed E-state index contributed by atoms with van der Waals surface area (Å²) in [4.78, 5) is 14.4. The molecule has 0 saturated heterocycles. The standard InChI is InChI=1S/C19H23ClN2O/c1-4-22(16-8-5-14(2)6-9-16)12-11-21-19(23)17-10-7-15(3)13-18(17)20/h5-10,13H,4,11-12H2,1-3H3,(H,21,23). The molecule has 0 atom stereocenters. The third kappa shape index (κ3) is 4.73. The van der Waals surface area contributed by atoms with Crippen LogP contribution in [0.3, 0.4) is 0 Å². The van der Waals surface area contributed by atoms with E-state index < -0.39 is 0 Å². The topological polar surface area (TPSA) is 32.3 Å². The third-order valence-corrected chi connectivity index (χ3v) is 4.13. The van der Waals surface area contributed by atoms with Gasteiger partial charge >= 0.3 is 0 Å². The van der Waals surface area contributed by atoms with Crippen LogP contribution in [0, 0.1) is 13.8 Å². The van der Waals surface area contributed by atoms with E-state index in [1.165, 1.54) is 11.3 Å². The zero-order valence-electron chi connectivity index (χ0n) is 13.9. The van der Waals surface area contributed by atoms with Crippen LogP contribution in [0.25, 0.3) is 0 Å². The van der Waals surface area contributed by atoms with Crippen LogP contribution in [-0.2, 0) is 0 Å². The fraction of sp³-hybridized carbons (Fsp3) is 0.316. The van der Waals surface area contributed by atoms with E-state index in [2.05, 4.69) is 48.3 Å². The van der Waals surface area contributed by atoms with E-state index in [0.29, 0.717) is 17.1 Å². The van der Waals surface area contributed by atoms with Crippen molar-refractivity contribution in [3.63, 3.8) is 0 Å². The zero-order chi connectivity index (χ0) is 16.8. The Labute approximate surface area is 143 Å². The van der Waals surface area contributed by atoms with Crippen LogP contribution in [0.1, 0.15) is 28.4 Å². The molecule has 2 rings (SSSR count). The normalized spacial score (nSPS) is 10.4. The van der Waals surface area contributed by atoms with E-state index in [4.69, 9.17) is 11.6 Å². The number of rotatable bonds is 6. The van der Waals surface area contributed by atoms with Crippen LogP contribution >= 0.6 is 11.6 Å². The summed E-state index contributed by atoms with van der Waals surface area (Å²) in [6, 6.07) is 13.9. The molecule has 2 aromatic carbocycles. The highest BCUT2D eigenvalue weighted by Crippen LogP contribution is 2.17. The first-order valence-electron chi connectivity index (χ1n) is 7.87. The molecule has 0 unspecified atom stereocenters. The quantitative estimate of drug-likeness (QED) is 0.860.